The summed E-state index contributed by atoms with van der Waals surface area (Å²) in [6, 6.07) is 14.5. The molecule has 0 aliphatic carbocycles. The maximum absolute atomic E-state index is 12.0. The lowest BCUT2D eigenvalue weighted by Crippen LogP contribution is -2.01. The molecule has 0 bridgehead atoms. The molecule has 0 atom stereocenters. The van der Waals surface area contributed by atoms with Gasteiger partial charge in [-0.05, 0) is 46.3 Å². The highest BCUT2D eigenvalue weighted by atomic mass is 79.9. The van der Waals surface area contributed by atoms with Crippen LogP contribution in [0.5, 0.6) is 0 Å². The minimum Gasteiger partial charge on any atom is -0.421 e. The van der Waals surface area contributed by atoms with Gasteiger partial charge < -0.3 is 4.42 Å². The van der Waals surface area contributed by atoms with E-state index in [1.807, 2.05) is 30.3 Å². The van der Waals surface area contributed by atoms with E-state index >= 15 is 0 Å². The lowest BCUT2D eigenvalue weighted by atomic mass is 10.1. The van der Waals surface area contributed by atoms with Crippen molar-refractivity contribution >= 4 is 38.3 Å². The third kappa shape index (κ3) is 2.20. The van der Waals surface area contributed by atoms with Gasteiger partial charge in [0.2, 0.25) is 0 Å². The fourth-order valence-corrected chi connectivity index (χ4v) is 2.74. The van der Waals surface area contributed by atoms with E-state index in [-0.39, 0.29) is 5.63 Å². The lowest BCUT2D eigenvalue weighted by molar-refractivity contribution is 0.532. The summed E-state index contributed by atoms with van der Waals surface area (Å²) in [5.41, 5.74) is 0.461. The zero-order valence-corrected chi connectivity index (χ0v) is 12.0. The van der Waals surface area contributed by atoms with E-state index < -0.39 is 0 Å². The molecular formula is C15H8BrClO2. The van der Waals surface area contributed by atoms with Crippen LogP contribution in [0.15, 0.2) is 62.2 Å². The van der Waals surface area contributed by atoms with Gasteiger partial charge in [0.1, 0.15) is 0 Å². The smallest absolute Gasteiger partial charge is 0.344 e. The first-order valence-electron chi connectivity index (χ1n) is 5.64. The molecule has 3 rings (SSSR count). The number of hydrogen-bond donors (Lipinski definition) is 0. The van der Waals surface area contributed by atoms with Crippen molar-refractivity contribution in [3.63, 3.8) is 0 Å². The highest BCUT2D eigenvalue weighted by Crippen LogP contribution is 2.33. The summed E-state index contributed by atoms with van der Waals surface area (Å²) in [4.78, 5) is 12.0. The first-order chi connectivity index (χ1) is 9.16. The summed E-state index contributed by atoms with van der Waals surface area (Å²) in [7, 11) is 0. The quantitative estimate of drug-likeness (QED) is 0.634. The second-order valence-electron chi connectivity index (χ2n) is 4.09. The molecule has 0 unspecified atom stereocenters. The van der Waals surface area contributed by atoms with Gasteiger partial charge in [-0.2, -0.15) is 0 Å². The first-order valence-corrected chi connectivity index (χ1v) is 6.81. The molecule has 0 saturated heterocycles. The van der Waals surface area contributed by atoms with Crippen LogP contribution in [0.1, 0.15) is 0 Å². The number of benzene rings is 2. The maximum Gasteiger partial charge on any atom is 0.344 e. The highest BCUT2D eigenvalue weighted by molar-refractivity contribution is 9.10. The molecule has 19 heavy (non-hydrogen) atoms. The van der Waals surface area contributed by atoms with E-state index in [9.17, 15) is 4.79 Å². The molecule has 2 nitrogen and oxygen atoms in total. The Morgan fingerprint density at radius 1 is 0.947 bits per heavy atom. The SMILES string of the molecule is O=c1oc(-c2ccc(Cl)cc2)c(Br)c2ccccc12. The monoisotopic (exact) mass is 334 g/mol. The van der Waals surface area contributed by atoms with Crippen LogP contribution in [0.4, 0.5) is 0 Å². The minimum atomic E-state index is -0.344. The molecule has 0 radical (unpaired) electrons. The molecule has 0 N–H and O–H groups in total. The van der Waals surface area contributed by atoms with Crippen molar-refractivity contribution in [1.82, 2.24) is 0 Å². The van der Waals surface area contributed by atoms with Gasteiger partial charge in [-0.3, -0.25) is 0 Å². The van der Waals surface area contributed by atoms with E-state index in [0.29, 0.717) is 16.2 Å². The van der Waals surface area contributed by atoms with E-state index in [4.69, 9.17) is 16.0 Å². The molecule has 0 spiro atoms. The number of rotatable bonds is 1. The highest BCUT2D eigenvalue weighted by Gasteiger charge is 2.12. The predicted octanol–water partition coefficient (Wildman–Crippen LogP) is 4.88. The summed E-state index contributed by atoms with van der Waals surface area (Å²) in [5, 5.41) is 2.04. The molecule has 0 saturated carbocycles. The standard InChI is InChI=1S/C15H8BrClO2/c16-13-11-3-1-2-4-12(11)15(18)19-14(13)9-5-7-10(17)8-6-9/h1-8H. The average molecular weight is 336 g/mol. The zero-order chi connectivity index (χ0) is 13.4. The predicted molar refractivity (Wildman–Crippen MR) is 80.6 cm³/mol. The summed E-state index contributed by atoms with van der Waals surface area (Å²) >= 11 is 9.37. The summed E-state index contributed by atoms with van der Waals surface area (Å²) in [5.74, 6) is 0.514. The third-order valence-electron chi connectivity index (χ3n) is 2.88. The summed E-state index contributed by atoms with van der Waals surface area (Å²) < 4.78 is 6.17. The first kappa shape index (κ1) is 12.5. The van der Waals surface area contributed by atoms with Crippen molar-refractivity contribution in [2.75, 3.05) is 0 Å². The minimum absolute atomic E-state index is 0.344. The fourth-order valence-electron chi connectivity index (χ4n) is 1.95. The van der Waals surface area contributed by atoms with Crippen LogP contribution in [0, 0.1) is 0 Å². The van der Waals surface area contributed by atoms with E-state index in [2.05, 4.69) is 15.9 Å². The van der Waals surface area contributed by atoms with E-state index in [0.717, 1.165) is 15.4 Å². The van der Waals surface area contributed by atoms with Crippen LogP contribution in [0.25, 0.3) is 22.1 Å². The topological polar surface area (TPSA) is 30.2 Å². The summed E-state index contributed by atoms with van der Waals surface area (Å²) in [6.45, 7) is 0. The van der Waals surface area contributed by atoms with Gasteiger partial charge in [-0.25, -0.2) is 4.79 Å². The van der Waals surface area contributed by atoms with Gasteiger partial charge in [0.15, 0.2) is 5.76 Å². The fraction of sp³-hybridized carbons (Fsp3) is 0. The molecule has 94 valence electrons. The second-order valence-corrected chi connectivity index (χ2v) is 5.31. The normalized spacial score (nSPS) is 10.8. The number of fused-ring (bicyclic) bond motifs is 1. The zero-order valence-electron chi connectivity index (χ0n) is 9.69. The van der Waals surface area contributed by atoms with Crippen molar-refractivity contribution in [2.24, 2.45) is 0 Å². The van der Waals surface area contributed by atoms with E-state index in [1.165, 1.54) is 0 Å². The van der Waals surface area contributed by atoms with Crippen LogP contribution in [0.2, 0.25) is 5.02 Å². The van der Waals surface area contributed by atoms with Crippen LogP contribution >= 0.6 is 27.5 Å². The Morgan fingerprint density at radius 3 is 2.26 bits per heavy atom. The van der Waals surface area contributed by atoms with Crippen molar-refractivity contribution in [3.05, 3.63) is 68.4 Å². The largest absolute Gasteiger partial charge is 0.421 e. The Hall–Kier alpha value is -1.58. The summed E-state index contributed by atoms with van der Waals surface area (Å²) in [6.07, 6.45) is 0. The Balaban J connectivity index is 2.33. The number of halogens is 2. The maximum atomic E-state index is 12.0. The van der Waals surface area contributed by atoms with Gasteiger partial charge in [0.25, 0.3) is 0 Å². The van der Waals surface area contributed by atoms with Crippen LogP contribution in [-0.4, -0.2) is 0 Å². The molecule has 1 heterocycles. The molecule has 0 aliphatic rings. The van der Waals surface area contributed by atoms with Crippen molar-refractivity contribution in [2.45, 2.75) is 0 Å². The van der Waals surface area contributed by atoms with Crippen molar-refractivity contribution < 1.29 is 4.42 Å². The Bertz CT molecular complexity index is 806. The van der Waals surface area contributed by atoms with Crippen molar-refractivity contribution in [3.8, 4) is 11.3 Å². The van der Waals surface area contributed by atoms with Crippen LogP contribution in [0.3, 0.4) is 0 Å². The molecule has 3 aromatic rings. The molecular weight excluding hydrogens is 328 g/mol. The lowest BCUT2D eigenvalue weighted by Gasteiger charge is -2.06. The molecule has 4 heteroatoms. The molecule has 1 aromatic heterocycles. The molecule has 0 fully saturated rings. The van der Waals surface area contributed by atoms with Crippen LogP contribution < -0.4 is 5.63 Å². The second kappa shape index (κ2) is 4.83. The van der Waals surface area contributed by atoms with Gasteiger partial charge in [0, 0.05) is 16.0 Å². The molecule has 0 amide bonds. The number of hydrogen-bond acceptors (Lipinski definition) is 2. The third-order valence-corrected chi connectivity index (χ3v) is 3.92. The van der Waals surface area contributed by atoms with E-state index in [1.54, 1.807) is 18.2 Å². The Labute approximate surface area is 122 Å². The average Bonchev–Trinajstić information content (AvgIpc) is 2.44. The van der Waals surface area contributed by atoms with Gasteiger partial charge in [-0.15, -0.1) is 0 Å². The van der Waals surface area contributed by atoms with Gasteiger partial charge in [0.05, 0.1) is 9.86 Å². The Morgan fingerprint density at radius 2 is 1.58 bits per heavy atom. The Kier molecular flexibility index (Phi) is 3.17. The van der Waals surface area contributed by atoms with Gasteiger partial charge >= 0.3 is 5.63 Å². The molecule has 2 aromatic carbocycles. The van der Waals surface area contributed by atoms with Crippen molar-refractivity contribution in [1.29, 1.82) is 0 Å². The molecule has 0 aliphatic heterocycles. The van der Waals surface area contributed by atoms with Gasteiger partial charge in [-0.1, -0.05) is 29.8 Å². The van der Waals surface area contributed by atoms with Crippen LogP contribution in [-0.2, 0) is 0 Å².